The highest BCUT2D eigenvalue weighted by Crippen LogP contribution is 2.27. The lowest BCUT2D eigenvalue weighted by Gasteiger charge is -2.11. The summed E-state index contributed by atoms with van der Waals surface area (Å²) in [5.41, 5.74) is 1.03. The molecule has 0 atom stereocenters. The average Bonchev–Trinajstić information content (AvgIpc) is 3.33. The molecule has 0 saturated carbocycles. The fourth-order valence-electron chi connectivity index (χ4n) is 3.04. The third-order valence-electron chi connectivity index (χ3n) is 4.50. The minimum atomic E-state index is -0.276. The molecule has 140 valence electrons. The lowest BCUT2D eigenvalue weighted by Crippen LogP contribution is -2.32. The second-order valence-electron chi connectivity index (χ2n) is 6.39. The number of halogens is 1. The fraction of sp³-hybridized carbons (Fsp3) is 0.333. The summed E-state index contributed by atoms with van der Waals surface area (Å²) in [6.07, 6.45) is 3.66. The molecule has 1 amide bonds. The molecule has 1 fully saturated rings. The summed E-state index contributed by atoms with van der Waals surface area (Å²) in [5, 5.41) is 4.20. The summed E-state index contributed by atoms with van der Waals surface area (Å²) < 4.78 is 1.80. The zero-order chi connectivity index (χ0) is 18.8. The largest absolute Gasteiger partial charge is 0.350 e. The van der Waals surface area contributed by atoms with Crippen molar-refractivity contribution in [2.75, 3.05) is 18.0 Å². The second-order valence-corrected chi connectivity index (χ2v) is 7.77. The molecule has 0 bridgehead atoms. The van der Waals surface area contributed by atoms with Crippen molar-refractivity contribution in [2.24, 2.45) is 0 Å². The van der Waals surface area contributed by atoms with Crippen LogP contribution in [0.15, 0.2) is 35.4 Å². The maximum absolute atomic E-state index is 12.7. The van der Waals surface area contributed by atoms with Crippen molar-refractivity contribution in [3.63, 3.8) is 0 Å². The van der Waals surface area contributed by atoms with Gasteiger partial charge in [0.1, 0.15) is 17.6 Å². The number of rotatable bonds is 5. The zero-order valence-electron chi connectivity index (χ0n) is 14.5. The molecule has 1 N–H and O–H groups in total. The Bertz CT molecular complexity index is 1040. The Morgan fingerprint density at radius 3 is 2.81 bits per heavy atom. The van der Waals surface area contributed by atoms with Crippen molar-refractivity contribution in [1.29, 1.82) is 0 Å². The van der Waals surface area contributed by atoms with Gasteiger partial charge in [0.25, 0.3) is 5.56 Å². The normalized spacial score (nSPS) is 14.0. The number of aromatic nitrogens is 3. The van der Waals surface area contributed by atoms with Crippen molar-refractivity contribution in [1.82, 2.24) is 19.9 Å². The number of nitrogens with zero attached hydrogens (tertiary/aromatic N) is 4. The van der Waals surface area contributed by atoms with Gasteiger partial charge in [-0.3, -0.25) is 14.2 Å². The molecule has 3 aromatic rings. The van der Waals surface area contributed by atoms with Gasteiger partial charge in [0, 0.05) is 24.7 Å². The van der Waals surface area contributed by atoms with Crippen molar-refractivity contribution in [3.8, 4) is 0 Å². The Kier molecular flexibility index (Phi) is 5.09. The molecule has 1 aliphatic heterocycles. The van der Waals surface area contributed by atoms with Gasteiger partial charge in [-0.15, -0.1) is 0 Å². The van der Waals surface area contributed by atoms with Crippen molar-refractivity contribution < 1.29 is 4.79 Å². The Labute approximate surface area is 164 Å². The predicted octanol–water partition coefficient (Wildman–Crippen LogP) is 2.42. The van der Waals surface area contributed by atoms with Gasteiger partial charge in [-0.25, -0.2) is 4.98 Å². The van der Waals surface area contributed by atoms with Gasteiger partial charge in [0.05, 0.1) is 0 Å². The minimum Gasteiger partial charge on any atom is -0.350 e. The molecule has 0 spiro atoms. The molecular weight excluding hydrogens is 386 g/mol. The molecule has 7 nitrogen and oxygen atoms in total. The number of amides is 1. The SMILES string of the molecule is O=C(Cn1cnc2nc(N3CCCC3)sc2c1=O)NCc1ccccc1Cl. The number of anilines is 1. The van der Waals surface area contributed by atoms with E-state index in [2.05, 4.69) is 20.2 Å². The number of thiazole rings is 1. The number of nitrogens with one attached hydrogen (secondary N) is 1. The topological polar surface area (TPSA) is 80.1 Å². The van der Waals surface area contributed by atoms with Crippen LogP contribution in [0.25, 0.3) is 10.3 Å². The maximum atomic E-state index is 12.7. The van der Waals surface area contributed by atoms with E-state index in [4.69, 9.17) is 11.6 Å². The van der Waals surface area contributed by atoms with Gasteiger partial charge in [-0.05, 0) is 24.5 Å². The summed E-state index contributed by atoms with van der Waals surface area (Å²) in [4.78, 5) is 35.8. The number of hydrogen-bond acceptors (Lipinski definition) is 6. The zero-order valence-corrected chi connectivity index (χ0v) is 16.1. The van der Waals surface area contributed by atoms with Crippen LogP contribution in [0.4, 0.5) is 5.13 Å². The molecule has 3 heterocycles. The van der Waals surface area contributed by atoms with E-state index in [-0.39, 0.29) is 18.0 Å². The van der Waals surface area contributed by atoms with Crippen LogP contribution in [0.3, 0.4) is 0 Å². The van der Waals surface area contributed by atoms with Gasteiger partial charge < -0.3 is 10.2 Å². The van der Waals surface area contributed by atoms with Crippen LogP contribution in [-0.4, -0.2) is 33.5 Å². The van der Waals surface area contributed by atoms with Gasteiger partial charge in [0.15, 0.2) is 10.8 Å². The molecule has 0 unspecified atom stereocenters. The van der Waals surface area contributed by atoms with E-state index in [1.165, 1.54) is 22.2 Å². The Balaban J connectivity index is 1.48. The summed E-state index contributed by atoms with van der Waals surface area (Å²) in [5.74, 6) is -0.276. The lowest BCUT2D eigenvalue weighted by atomic mass is 10.2. The third-order valence-corrected chi connectivity index (χ3v) is 5.96. The first-order chi connectivity index (χ1) is 13.1. The number of carbonyl (C=O) groups is 1. The van der Waals surface area contributed by atoms with E-state index < -0.39 is 0 Å². The first-order valence-electron chi connectivity index (χ1n) is 8.73. The lowest BCUT2D eigenvalue weighted by molar-refractivity contribution is -0.121. The van der Waals surface area contributed by atoms with Crippen molar-refractivity contribution in [3.05, 3.63) is 51.5 Å². The van der Waals surface area contributed by atoms with Gasteiger partial charge >= 0.3 is 0 Å². The molecule has 2 aromatic heterocycles. The standard InChI is InChI=1S/C18H18ClN5O2S/c19-13-6-2-1-5-12(13)9-20-14(25)10-24-11-21-16-15(17(24)26)27-18(22-16)23-7-3-4-8-23/h1-2,5-6,11H,3-4,7-10H2,(H,20,25). The molecule has 0 radical (unpaired) electrons. The summed E-state index contributed by atoms with van der Waals surface area (Å²) >= 11 is 7.43. The number of hydrogen-bond donors (Lipinski definition) is 1. The van der Waals surface area contributed by atoms with Crippen LogP contribution in [0.2, 0.25) is 5.02 Å². The van der Waals surface area contributed by atoms with E-state index >= 15 is 0 Å². The Hall–Kier alpha value is -2.45. The summed E-state index contributed by atoms with van der Waals surface area (Å²) in [6.45, 7) is 2.13. The minimum absolute atomic E-state index is 0.0941. The fourth-order valence-corrected chi connectivity index (χ4v) is 4.26. The molecular formula is C18H18ClN5O2S. The van der Waals surface area contributed by atoms with Crippen LogP contribution in [0, 0.1) is 0 Å². The van der Waals surface area contributed by atoms with E-state index in [0.29, 0.717) is 21.9 Å². The molecule has 0 aliphatic carbocycles. The number of benzene rings is 1. The van der Waals surface area contributed by atoms with Gasteiger partial charge in [-0.1, -0.05) is 41.1 Å². The molecule has 9 heteroatoms. The highest BCUT2D eigenvalue weighted by atomic mass is 35.5. The van der Waals surface area contributed by atoms with Crippen molar-refractivity contribution >= 4 is 44.3 Å². The third kappa shape index (κ3) is 3.81. The van der Waals surface area contributed by atoms with Crippen LogP contribution >= 0.6 is 22.9 Å². The average molecular weight is 404 g/mol. The number of carbonyl (C=O) groups excluding carboxylic acids is 1. The number of fused-ring (bicyclic) bond motifs is 1. The van der Waals surface area contributed by atoms with Crippen LogP contribution < -0.4 is 15.8 Å². The smallest absolute Gasteiger partial charge is 0.273 e. The van der Waals surface area contributed by atoms with E-state index in [1.54, 1.807) is 6.07 Å². The maximum Gasteiger partial charge on any atom is 0.273 e. The summed E-state index contributed by atoms with van der Waals surface area (Å²) in [7, 11) is 0. The Morgan fingerprint density at radius 2 is 2.04 bits per heavy atom. The predicted molar refractivity (Wildman–Crippen MR) is 106 cm³/mol. The second kappa shape index (κ2) is 7.66. The monoisotopic (exact) mass is 403 g/mol. The highest BCUT2D eigenvalue weighted by molar-refractivity contribution is 7.22. The van der Waals surface area contributed by atoms with Crippen LogP contribution in [-0.2, 0) is 17.9 Å². The van der Waals surface area contributed by atoms with Gasteiger partial charge in [0.2, 0.25) is 5.91 Å². The highest BCUT2D eigenvalue weighted by Gasteiger charge is 2.19. The van der Waals surface area contributed by atoms with Gasteiger partial charge in [-0.2, -0.15) is 4.98 Å². The van der Waals surface area contributed by atoms with E-state index in [9.17, 15) is 9.59 Å². The quantitative estimate of drug-likeness (QED) is 0.707. The molecule has 1 aliphatic rings. The van der Waals surface area contributed by atoms with Crippen molar-refractivity contribution in [2.45, 2.75) is 25.9 Å². The molecule has 1 saturated heterocycles. The molecule has 1 aromatic carbocycles. The first-order valence-corrected chi connectivity index (χ1v) is 9.92. The molecule has 4 rings (SSSR count). The van der Waals surface area contributed by atoms with Crippen LogP contribution in [0.5, 0.6) is 0 Å². The first kappa shape index (κ1) is 17.9. The van der Waals surface area contributed by atoms with E-state index in [0.717, 1.165) is 36.6 Å². The Morgan fingerprint density at radius 1 is 1.26 bits per heavy atom. The summed E-state index contributed by atoms with van der Waals surface area (Å²) in [6, 6.07) is 7.31. The van der Waals surface area contributed by atoms with Crippen LogP contribution in [0.1, 0.15) is 18.4 Å². The molecule has 27 heavy (non-hydrogen) atoms. The van der Waals surface area contributed by atoms with E-state index in [1.807, 2.05) is 18.2 Å².